The van der Waals surface area contributed by atoms with Crippen LogP contribution in [0.25, 0.3) is 5.76 Å². The van der Waals surface area contributed by atoms with Crippen LogP contribution in [0.4, 0.5) is 8.78 Å². The van der Waals surface area contributed by atoms with Gasteiger partial charge in [-0.25, -0.2) is 8.78 Å². The summed E-state index contributed by atoms with van der Waals surface area (Å²) in [5, 5.41) is 10.9. The summed E-state index contributed by atoms with van der Waals surface area (Å²) in [6, 6.07) is 9.67. The van der Waals surface area contributed by atoms with Gasteiger partial charge in [-0.05, 0) is 48.4 Å². The zero-order valence-corrected chi connectivity index (χ0v) is 17.5. The van der Waals surface area contributed by atoms with Crippen molar-refractivity contribution < 1.29 is 28.2 Å². The van der Waals surface area contributed by atoms with Gasteiger partial charge >= 0.3 is 0 Å². The van der Waals surface area contributed by atoms with Gasteiger partial charge in [-0.15, -0.1) is 0 Å². The van der Waals surface area contributed by atoms with E-state index in [9.17, 15) is 23.5 Å². The molecule has 2 aromatic carbocycles. The molecule has 1 N–H and O–H groups in total. The molecule has 0 saturated carbocycles. The zero-order chi connectivity index (χ0) is 22.7. The third-order valence-corrected chi connectivity index (χ3v) is 5.82. The van der Waals surface area contributed by atoms with E-state index in [0.29, 0.717) is 31.7 Å². The van der Waals surface area contributed by atoms with E-state index in [1.807, 2.05) is 0 Å². The van der Waals surface area contributed by atoms with E-state index in [1.54, 1.807) is 0 Å². The van der Waals surface area contributed by atoms with Gasteiger partial charge in [0.15, 0.2) is 0 Å². The first kappa shape index (κ1) is 22.1. The molecule has 2 saturated heterocycles. The van der Waals surface area contributed by atoms with Crippen LogP contribution >= 0.6 is 0 Å². The van der Waals surface area contributed by atoms with Gasteiger partial charge in [-0.1, -0.05) is 12.1 Å². The number of Topliss-reactive ketones (excluding diaryl/α,β-unsaturated/α-hetero) is 1. The Morgan fingerprint density at radius 3 is 2.16 bits per heavy atom. The van der Waals surface area contributed by atoms with Gasteiger partial charge in [0, 0.05) is 31.7 Å². The number of morpholine rings is 1. The molecule has 2 fully saturated rings. The molecule has 0 bridgehead atoms. The number of aliphatic hydroxyl groups is 1. The van der Waals surface area contributed by atoms with Crippen LogP contribution in [0.5, 0.6) is 0 Å². The quantitative estimate of drug-likeness (QED) is 0.423. The van der Waals surface area contributed by atoms with Crippen molar-refractivity contribution in [3.63, 3.8) is 0 Å². The van der Waals surface area contributed by atoms with Crippen molar-refractivity contribution >= 4 is 17.4 Å². The number of nitrogens with zero attached hydrogens (tertiary/aromatic N) is 2. The molecule has 0 radical (unpaired) electrons. The van der Waals surface area contributed by atoms with Gasteiger partial charge in [0.05, 0.1) is 24.8 Å². The van der Waals surface area contributed by atoms with Crippen LogP contribution in [0.3, 0.4) is 0 Å². The van der Waals surface area contributed by atoms with E-state index in [4.69, 9.17) is 4.74 Å². The van der Waals surface area contributed by atoms with E-state index in [2.05, 4.69) is 4.90 Å². The first-order chi connectivity index (χ1) is 15.5. The molecular formula is C24H24F2N2O4. The first-order valence-corrected chi connectivity index (χ1v) is 10.6. The molecule has 32 heavy (non-hydrogen) atoms. The molecule has 8 heteroatoms. The molecule has 6 nitrogen and oxygen atoms in total. The summed E-state index contributed by atoms with van der Waals surface area (Å²) in [4.78, 5) is 29.5. The van der Waals surface area contributed by atoms with Gasteiger partial charge in [0.2, 0.25) is 0 Å². The minimum Gasteiger partial charge on any atom is -0.507 e. The molecule has 0 spiro atoms. The van der Waals surface area contributed by atoms with Crippen LogP contribution < -0.4 is 0 Å². The molecule has 0 aromatic heterocycles. The average Bonchev–Trinajstić information content (AvgIpc) is 3.05. The Morgan fingerprint density at radius 1 is 0.938 bits per heavy atom. The Labute approximate surface area is 184 Å². The summed E-state index contributed by atoms with van der Waals surface area (Å²) in [5.41, 5.74) is 0.657. The minimum absolute atomic E-state index is 0.0837. The van der Waals surface area contributed by atoms with Crippen molar-refractivity contribution in [1.29, 1.82) is 0 Å². The van der Waals surface area contributed by atoms with E-state index >= 15 is 0 Å². The Hall–Kier alpha value is -3.10. The first-order valence-electron chi connectivity index (χ1n) is 10.6. The highest BCUT2D eigenvalue weighted by atomic mass is 19.1. The molecule has 1 amide bonds. The minimum atomic E-state index is -0.856. The number of ether oxygens (including phenoxy) is 1. The number of amides is 1. The molecule has 4 rings (SSSR count). The van der Waals surface area contributed by atoms with Crippen molar-refractivity contribution in [2.24, 2.45) is 0 Å². The maximum Gasteiger partial charge on any atom is 0.295 e. The summed E-state index contributed by atoms with van der Waals surface area (Å²) < 4.78 is 32.2. The topological polar surface area (TPSA) is 70.1 Å². The third-order valence-electron chi connectivity index (χ3n) is 5.82. The van der Waals surface area contributed by atoms with Crippen LogP contribution in [-0.2, 0) is 14.3 Å². The van der Waals surface area contributed by atoms with E-state index in [-0.39, 0.29) is 16.9 Å². The fourth-order valence-corrected chi connectivity index (χ4v) is 4.15. The van der Waals surface area contributed by atoms with Crippen LogP contribution in [0, 0.1) is 11.6 Å². The molecule has 2 aromatic rings. The van der Waals surface area contributed by atoms with Gasteiger partial charge in [-0.3, -0.25) is 14.5 Å². The van der Waals surface area contributed by atoms with E-state index in [0.717, 1.165) is 19.6 Å². The fourth-order valence-electron chi connectivity index (χ4n) is 4.15. The number of halogens is 2. The van der Waals surface area contributed by atoms with Crippen molar-refractivity contribution in [1.82, 2.24) is 9.80 Å². The fraction of sp³-hybridized carbons (Fsp3) is 0.333. The number of aliphatic hydroxyl groups excluding tert-OH is 1. The lowest BCUT2D eigenvalue weighted by Crippen LogP contribution is -2.38. The van der Waals surface area contributed by atoms with Crippen molar-refractivity contribution in [3.05, 3.63) is 76.9 Å². The Balaban J connectivity index is 1.66. The number of ketones is 1. The Kier molecular flexibility index (Phi) is 6.62. The van der Waals surface area contributed by atoms with Crippen LogP contribution in [-0.4, -0.2) is 66.0 Å². The highest BCUT2D eigenvalue weighted by Crippen LogP contribution is 2.39. The summed E-state index contributed by atoms with van der Waals surface area (Å²) in [5.74, 6) is -2.84. The Morgan fingerprint density at radius 2 is 1.53 bits per heavy atom. The van der Waals surface area contributed by atoms with E-state index < -0.39 is 29.4 Å². The summed E-state index contributed by atoms with van der Waals surface area (Å²) >= 11 is 0. The summed E-state index contributed by atoms with van der Waals surface area (Å²) in [6.07, 6.45) is 0.626. The molecule has 0 aliphatic carbocycles. The van der Waals surface area contributed by atoms with Gasteiger partial charge in [-0.2, -0.15) is 0 Å². The normalized spacial score (nSPS) is 21.3. The predicted molar refractivity (Wildman–Crippen MR) is 114 cm³/mol. The maximum absolute atomic E-state index is 13.5. The van der Waals surface area contributed by atoms with Crippen molar-refractivity contribution in [3.8, 4) is 0 Å². The number of hydrogen-bond donors (Lipinski definition) is 1. The molecular weight excluding hydrogens is 418 g/mol. The SMILES string of the molecule is O=C1C(=O)N(CCCN2CCOCC2)C(c2ccc(F)cc2)C1=C(O)c1ccc(F)cc1. The van der Waals surface area contributed by atoms with E-state index in [1.165, 1.54) is 53.4 Å². The number of hydrogen-bond acceptors (Lipinski definition) is 5. The standard InChI is InChI=1S/C24H24F2N2O4/c25-18-6-2-16(3-7-18)21-20(22(29)17-4-8-19(26)9-5-17)23(30)24(31)28(21)11-1-10-27-12-14-32-15-13-27/h2-9,21,29H,1,10-15H2. The lowest BCUT2D eigenvalue weighted by Gasteiger charge is -2.29. The molecule has 2 heterocycles. The molecule has 1 atom stereocenters. The number of carbonyl (C=O) groups is 2. The smallest absolute Gasteiger partial charge is 0.295 e. The largest absolute Gasteiger partial charge is 0.507 e. The molecule has 1 unspecified atom stereocenters. The number of benzene rings is 2. The highest BCUT2D eigenvalue weighted by molar-refractivity contribution is 6.46. The van der Waals surface area contributed by atoms with Crippen LogP contribution in [0.15, 0.2) is 54.1 Å². The van der Waals surface area contributed by atoms with Gasteiger partial charge < -0.3 is 14.7 Å². The van der Waals surface area contributed by atoms with Gasteiger partial charge in [0.1, 0.15) is 17.4 Å². The predicted octanol–water partition coefficient (Wildman–Crippen LogP) is 3.11. The number of likely N-dealkylation sites (tertiary alicyclic amines) is 1. The average molecular weight is 442 g/mol. The maximum atomic E-state index is 13.5. The van der Waals surface area contributed by atoms with Crippen molar-refractivity contribution in [2.75, 3.05) is 39.4 Å². The zero-order valence-electron chi connectivity index (χ0n) is 17.5. The molecule has 168 valence electrons. The summed E-state index contributed by atoms with van der Waals surface area (Å²) in [6.45, 7) is 3.98. The van der Waals surface area contributed by atoms with Crippen LogP contribution in [0.1, 0.15) is 23.6 Å². The monoisotopic (exact) mass is 442 g/mol. The third kappa shape index (κ3) is 4.56. The molecule has 2 aliphatic heterocycles. The lowest BCUT2D eigenvalue weighted by molar-refractivity contribution is -0.140. The summed E-state index contributed by atoms with van der Waals surface area (Å²) in [7, 11) is 0. The van der Waals surface area contributed by atoms with Crippen LogP contribution in [0.2, 0.25) is 0 Å². The Bertz CT molecular complexity index is 1020. The number of rotatable bonds is 6. The molecule has 2 aliphatic rings. The second-order valence-electron chi connectivity index (χ2n) is 7.86. The second kappa shape index (κ2) is 9.58. The lowest BCUT2D eigenvalue weighted by atomic mass is 9.95. The second-order valence-corrected chi connectivity index (χ2v) is 7.86. The van der Waals surface area contributed by atoms with Gasteiger partial charge in [0.25, 0.3) is 11.7 Å². The number of carbonyl (C=O) groups excluding carboxylic acids is 2. The van der Waals surface area contributed by atoms with Crippen molar-refractivity contribution in [2.45, 2.75) is 12.5 Å². The highest BCUT2D eigenvalue weighted by Gasteiger charge is 2.45.